The van der Waals surface area contributed by atoms with E-state index in [9.17, 15) is 0 Å². The van der Waals surface area contributed by atoms with Crippen molar-refractivity contribution < 1.29 is 4.52 Å². The highest BCUT2D eigenvalue weighted by Gasteiger charge is 2.09. The van der Waals surface area contributed by atoms with Gasteiger partial charge in [0, 0.05) is 24.7 Å². The summed E-state index contributed by atoms with van der Waals surface area (Å²) < 4.78 is 5.27. The zero-order valence-electron chi connectivity index (χ0n) is 11.1. The molecule has 0 aliphatic carbocycles. The van der Waals surface area contributed by atoms with Crippen LogP contribution in [-0.4, -0.2) is 17.2 Å². The van der Waals surface area contributed by atoms with Crippen molar-refractivity contribution >= 4 is 5.69 Å². The maximum atomic E-state index is 5.27. The Kier molecular flexibility index (Phi) is 3.97. The van der Waals surface area contributed by atoms with E-state index in [-0.39, 0.29) is 0 Å². The second-order valence-electron chi connectivity index (χ2n) is 4.78. The topological polar surface area (TPSA) is 51.0 Å². The van der Waals surface area contributed by atoms with E-state index in [4.69, 9.17) is 4.52 Å². The molecule has 1 heterocycles. The van der Waals surface area contributed by atoms with E-state index in [0.717, 1.165) is 29.9 Å². The number of rotatable bonds is 5. The van der Waals surface area contributed by atoms with Gasteiger partial charge in [0.25, 0.3) is 5.89 Å². The van der Waals surface area contributed by atoms with Gasteiger partial charge in [-0.25, -0.2) is 0 Å². The van der Waals surface area contributed by atoms with Crippen LogP contribution < -0.4 is 5.32 Å². The molecule has 0 radical (unpaired) electrons. The Bertz CT molecular complexity index is 488. The molecular weight excluding hydrogens is 226 g/mol. The van der Waals surface area contributed by atoms with E-state index in [0.29, 0.717) is 11.8 Å². The van der Waals surface area contributed by atoms with Gasteiger partial charge in [-0.05, 0) is 36.6 Å². The quantitative estimate of drug-likeness (QED) is 0.877. The van der Waals surface area contributed by atoms with E-state index in [1.54, 1.807) is 0 Å². The van der Waals surface area contributed by atoms with E-state index in [2.05, 4.69) is 29.3 Å². The van der Waals surface area contributed by atoms with E-state index < -0.39 is 0 Å². The molecule has 1 aromatic heterocycles. The van der Waals surface area contributed by atoms with E-state index in [1.165, 1.54) is 0 Å². The van der Waals surface area contributed by atoms with Gasteiger partial charge in [-0.1, -0.05) is 19.0 Å². The van der Waals surface area contributed by atoms with Crippen LogP contribution in [0.4, 0.5) is 5.69 Å². The highest BCUT2D eigenvalue weighted by Crippen LogP contribution is 2.20. The second-order valence-corrected chi connectivity index (χ2v) is 4.78. The standard InChI is InChI=1S/C14H19N3O/c1-10(2)4-9-13-16-14(18-17-13)11-5-7-12(15-3)8-6-11/h5-8,10,15H,4,9H2,1-3H3. The molecule has 0 saturated carbocycles. The van der Waals surface area contributed by atoms with Gasteiger partial charge in [0.1, 0.15) is 0 Å². The fourth-order valence-electron chi connectivity index (χ4n) is 1.67. The van der Waals surface area contributed by atoms with Crippen molar-refractivity contribution in [3.05, 3.63) is 30.1 Å². The number of aromatic nitrogens is 2. The van der Waals surface area contributed by atoms with Gasteiger partial charge >= 0.3 is 0 Å². The van der Waals surface area contributed by atoms with Crippen LogP contribution in [0, 0.1) is 5.92 Å². The van der Waals surface area contributed by atoms with Crippen LogP contribution in [0.1, 0.15) is 26.1 Å². The highest BCUT2D eigenvalue weighted by atomic mass is 16.5. The summed E-state index contributed by atoms with van der Waals surface area (Å²) in [7, 11) is 1.89. The number of hydrogen-bond acceptors (Lipinski definition) is 4. The Balaban J connectivity index is 2.08. The number of nitrogens with one attached hydrogen (secondary N) is 1. The van der Waals surface area contributed by atoms with Gasteiger partial charge in [0.2, 0.25) is 0 Å². The third kappa shape index (κ3) is 3.09. The molecule has 18 heavy (non-hydrogen) atoms. The predicted molar refractivity (Wildman–Crippen MR) is 72.4 cm³/mol. The van der Waals surface area contributed by atoms with Gasteiger partial charge in [-0.3, -0.25) is 0 Å². The molecule has 1 aromatic carbocycles. The molecule has 0 aliphatic heterocycles. The molecule has 4 nitrogen and oxygen atoms in total. The van der Waals surface area contributed by atoms with Crippen molar-refractivity contribution in [3.8, 4) is 11.5 Å². The molecular formula is C14H19N3O. The number of benzene rings is 1. The van der Waals surface area contributed by atoms with Gasteiger partial charge in [0.15, 0.2) is 5.82 Å². The molecule has 4 heteroatoms. The van der Waals surface area contributed by atoms with Crippen LogP contribution >= 0.6 is 0 Å². The minimum Gasteiger partial charge on any atom is -0.388 e. The molecule has 0 atom stereocenters. The SMILES string of the molecule is CNc1ccc(-c2nc(CCC(C)C)no2)cc1. The zero-order valence-corrected chi connectivity index (χ0v) is 11.1. The maximum absolute atomic E-state index is 5.27. The smallest absolute Gasteiger partial charge is 0.257 e. The molecule has 1 N–H and O–H groups in total. The summed E-state index contributed by atoms with van der Waals surface area (Å²) in [4.78, 5) is 4.41. The number of aryl methyl sites for hydroxylation is 1. The minimum atomic E-state index is 0.594. The average molecular weight is 245 g/mol. The lowest BCUT2D eigenvalue weighted by Gasteiger charge is -1.99. The Morgan fingerprint density at radius 3 is 2.56 bits per heavy atom. The van der Waals surface area contributed by atoms with Crippen LogP contribution in [0.15, 0.2) is 28.8 Å². The van der Waals surface area contributed by atoms with Crippen LogP contribution in [0.2, 0.25) is 0 Å². The lowest BCUT2D eigenvalue weighted by Crippen LogP contribution is -1.93. The lowest BCUT2D eigenvalue weighted by molar-refractivity contribution is 0.419. The minimum absolute atomic E-state index is 0.594. The Morgan fingerprint density at radius 1 is 1.22 bits per heavy atom. The van der Waals surface area contributed by atoms with Crippen LogP contribution in [-0.2, 0) is 6.42 Å². The van der Waals surface area contributed by atoms with Crippen molar-refractivity contribution in [1.82, 2.24) is 10.1 Å². The van der Waals surface area contributed by atoms with E-state index >= 15 is 0 Å². The molecule has 0 unspecified atom stereocenters. The summed E-state index contributed by atoms with van der Waals surface area (Å²) in [6, 6.07) is 7.94. The first-order valence-corrected chi connectivity index (χ1v) is 6.30. The zero-order chi connectivity index (χ0) is 13.0. The first kappa shape index (κ1) is 12.6. The fraction of sp³-hybridized carbons (Fsp3) is 0.429. The Morgan fingerprint density at radius 2 is 1.94 bits per heavy atom. The summed E-state index contributed by atoms with van der Waals surface area (Å²) in [5, 5.41) is 7.08. The molecule has 2 aromatic rings. The van der Waals surface area contributed by atoms with Crippen LogP contribution in [0.5, 0.6) is 0 Å². The van der Waals surface area contributed by atoms with E-state index in [1.807, 2.05) is 31.3 Å². The molecule has 0 bridgehead atoms. The summed E-state index contributed by atoms with van der Waals surface area (Å²) >= 11 is 0. The third-order valence-electron chi connectivity index (χ3n) is 2.83. The van der Waals surface area contributed by atoms with Gasteiger partial charge < -0.3 is 9.84 Å². The van der Waals surface area contributed by atoms with Crippen LogP contribution in [0.25, 0.3) is 11.5 Å². The highest BCUT2D eigenvalue weighted by molar-refractivity contribution is 5.58. The largest absolute Gasteiger partial charge is 0.388 e. The fourth-order valence-corrected chi connectivity index (χ4v) is 1.67. The molecule has 96 valence electrons. The monoisotopic (exact) mass is 245 g/mol. The van der Waals surface area contributed by atoms with Gasteiger partial charge in [-0.15, -0.1) is 0 Å². The molecule has 0 spiro atoms. The average Bonchev–Trinajstić information content (AvgIpc) is 2.85. The first-order valence-electron chi connectivity index (χ1n) is 6.30. The second kappa shape index (κ2) is 5.67. The lowest BCUT2D eigenvalue weighted by atomic mass is 10.1. The number of nitrogens with zero attached hydrogens (tertiary/aromatic N) is 2. The molecule has 0 saturated heterocycles. The van der Waals surface area contributed by atoms with Gasteiger partial charge in [-0.2, -0.15) is 4.98 Å². The Hall–Kier alpha value is -1.84. The summed E-state index contributed by atoms with van der Waals surface area (Å²) in [6.07, 6.45) is 1.95. The van der Waals surface area contributed by atoms with Crippen LogP contribution in [0.3, 0.4) is 0 Å². The maximum Gasteiger partial charge on any atom is 0.257 e. The van der Waals surface area contributed by atoms with Crippen molar-refractivity contribution in [2.24, 2.45) is 5.92 Å². The summed E-state index contributed by atoms with van der Waals surface area (Å²) in [6.45, 7) is 4.38. The van der Waals surface area contributed by atoms with Crippen molar-refractivity contribution in [2.45, 2.75) is 26.7 Å². The number of anilines is 1. The summed E-state index contributed by atoms with van der Waals surface area (Å²) in [5.74, 6) is 2.04. The van der Waals surface area contributed by atoms with Crippen molar-refractivity contribution in [3.63, 3.8) is 0 Å². The molecule has 2 rings (SSSR count). The number of hydrogen-bond donors (Lipinski definition) is 1. The predicted octanol–water partition coefficient (Wildman–Crippen LogP) is 3.37. The van der Waals surface area contributed by atoms with Gasteiger partial charge in [0.05, 0.1) is 0 Å². The molecule has 0 amide bonds. The first-order chi connectivity index (χ1) is 8.69. The summed E-state index contributed by atoms with van der Waals surface area (Å²) in [5.41, 5.74) is 2.02. The third-order valence-corrected chi connectivity index (χ3v) is 2.83. The Labute approximate surface area is 107 Å². The molecule has 0 fully saturated rings. The van der Waals surface area contributed by atoms with Crippen molar-refractivity contribution in [1.29, 1.82) is 0 Å². The van der Waals surface area contributed by atoms with Crippen molar-refractivity contribution in [2.75, 3.05) is 12.4 Å². The molecule has 0 aliphatic rings. The normalized spacial score (nSPS) is 10.9.